The number of aliphatic hydroxyl groups is 1. The van der Waals surface area contributed by atoms with Gasteiger partial charge in [0.1, 0.15) is 35.3 Å². The fourth-order valence-electron chi connectivity index (χ4n) is 4.21. The molecule has 0 spiro atoms. The number of ether oxygens (including phenoxy) is 5. The molecule has 0 bridgehead atoms. The van der Waals surface area contributed by atoms with E-state index in [1.165, 1.54) is 23.7 Å². The smallest absolute Gasteiger partial charge is 0.411 e. The number of hydrogen-bond donors (Lipinski definition) is 2. The highest BCUT2D eigenvalue weighted by molar-refractivity contribution is 7.22. The number of aliphatic hydroxyl groups excluding tert-OH is 1. The Labute approximate surface area is 248 Å². The molecule has 0 fully saturated rings. The molecular formula is C28H24ClN5O7S. The summed E-state index contributed by atoms with van der Waals surface area (Å²) in [6, 6.07) is 9.28. The van der Waals surface area contributed by atoms with Gasteiger partial charge in [0.2, 0.25) is 0 Å². The summed E-state index contributed by atoms with van der Waals surface area (Å²) < 4.78 is 28.8. The van der Waals surface area contributed by atoms with Gasteiger partial charge in [0, 0.05) is 16.0 Å². The summed E-state index contributed by atoms with van der Waals surface area (Å²) in [7, 11) is 1.59. The number of aromatic nitrogens is 4. The largest absolute Gasteiger partial charge is 0.495 e. The molecule has 216 valence electrons. The van der Waals surface area contributed by atoms with Crippen LogP contribution in [-0.2, 0) is 4.74 Å². The van der Waals surface area contributed by atoms with Crippen LogP contribution < -0.4 is 24.3 Å². The maximum absolute atomic E-state index is 12.3. The number of benzene rings is 2. The first-order valence-corrected chi connectivity index (χ1v) is 14.0. The van der Waals surface area contributed by atoms with Gasteiger partial charge in [-0.1, -0.05) is 11.6 Å². The molecule has 2 atom stereocenters. The third-order valence-electron chi connectivity index (χ3n) is 6.10. The lowest BCUT2D eigenvalue weighted by Gasteiger charge is -2.26. The van der Waals surface area contributed by atoms with Gasteiger partial charge in [0.25, 0.3) is 0 Å². The number of amides is 1. The molecule has 3 aromatic heterocycles. The Hall–Kier alpha value is -4.46. The van der Waals surface area contributed by atoms with Gasteiger partial charge < -0.3 is 28.8 Å². The Kier molecular flexibility index (Phi) is 7.78. The number of fused-ring (bicyclic) bond motifs is 4. The summed E-state index contributed by atoms with van der Waals surface area (Å²) in [5.41, 5.74) is 2.63. The molecule has 1 aliphatic heterocycles. The van der Waals surface area contributed by atoms with Crippen molar-refractivity contribution < 1.29 is 33.6 Å². The normalized spacial score (nSPS) is 14.9. The fourth-order valence-corrected chi connectivity index (χ4v) is 5.51. The molecule has 0 saturated carbocycles. The van der Waals surface area contributed by atoms with Crippen molar-refractivity contribution in [1.82, 2.24) is 19.9 Å². The fraction of sp³-hybridized carbons (Fsp3) is 0.250. The van der Waals surface area contributed by atoms with Gasteiger partial charge in [0.15, 0.2) is 17.6 Å². The maximum Gasteiger partial charge on any atom is 0.411 e. The zero-order valence-corrected chi connectivity index (χ0v) is 23.9. The van der Waals surface area contributed by atoms with E-state index < -0.39 is 18.3 Å². The topological polar surface area (TPSA) is 147 Å². The molecule has 12 nitrogen and oxygen atoms in total. The maximum atomic E-state index is 12.3. The van der Waals surface area contributed by atoms with Gasteiger partial charge in [-0.25, -0.2) is 19.7 Å². The van der Waals surface area contributed by atoms with Gasteiger partial charge in [-0.2, -0.15) is 0 Å². The monoisotopic (exact) mass is 609 g/mol. The number of nitrogens with zero attached hydrogens (tertiary/aromatic N) is 4. The number of halogens is 1. The minimum atomic E-state index is -0.701. The summed E-state index contributed by atoms with van der Waals surface area (Å²) in [5.74, 6) is 1.74. The van der Waals surface area contributed by atoms with Crippen LogP contribution in [0.2, 0.25) is 5.02 Å². The molecule has 0 radical (unpaired) electrons. The minimum absolute atomic E-state index is 0.0443. The van der Waals surface area contributed by atoms with Crippen molar-refractivity contribution in [2.45, 2.75) is 19.1 Å². The molecule has 4 heterocycles. The lowest BCUT2D eigenvalue weighted by Crippen LogP contribution is -2.35. The van der Waals surface area contributed by atoms with E-state index in [0.717, 1.165) is 31.7 Å². The van der Waals surface area contributed by atoms with Crippen LogP contribution >= 0.6 is 22.9 Å². The Balaban J connectivity index is 1.12. The molecule has 1 amide bonds. The highest BCUT2D eigenvalue weighted by atomic mass is 35.5. The number of anilines is 1. The first-order chi connectivity index (χ1) is 20.4. The third kappa shape index (κ3) is 5.93. The summed E-state index contributed by atoms with van der Waals surface area (Å²) in [4.78, 5) is 29.6. The zero-order valence-electron chi connectivity index (χ0n) is 22.4. The average Bonchev–Trinajstić information content (AvgIpc) is 3.43. The number of methoxy groups -OCH3 is 1. The van der Waals surface area contributed by atoms with Crippen LogP contribution in [0.1, 0.15) is 6.92 Å². The van der Waals surface area contributed by atoms with Gasteiger partial charge in [-0.05, 0) is 37.3 Å². The summed E-state index contributed by atoms with van der Waals surface area (Å²) >= 11 is 7.88. The lowest BCUT2D eigenvalue weighted by molar-refractivity contribution is 0.0383. The van der Waals surface area contributed by atoms with E-state index in [4.69, 9.17) is 40.3 Å². The SMILES string of the molecule is COc1cnc2c(-c3nc4ccc5c(c4s3)OC[C@H](COC(=O)Nc3cnc(OC[C@H](C)O)nc3)O5)cc(Cl)cc2c1. The van der Waals surface area contributed by atoms with Crippen molar-refractivity contribution in [3.63, 3.8) is 0 Å². The van der Waals surface area contributed by atoms with E-state index in [9.17, 15) is 9.90 Å². The van der Waals surface area contributed by atoms with Crippen LogP contribution in [-0.4, -0.2) is 70.3 Å². The summed E-state index contributed by atoms with van der Waals surface area (Å²) in [6.07, 6.45) is 2.53. The molecular weight excluding hydrogens is 586 g/mol. The van der Waals surface area contributed by atoms with Gasteiger partial charge in [0.05, 0.1) is 48.5 Å². The van der Waals surface area contributed by atoms with Crippen molar-refractivity contribution in [2.75, 3.05) is 32.2 Å². The third-order valence-corrected chi connectivity index (χ3v) is 7.42. The Morgan fingerprint density at radius 3 is 2.83 bits per heavy atom. The number of nitrogens with one attached hydrogen (secondary N) is 1. The second-order valence-electron chi connectivity index (χ2n) is 9.35. The van der Waals surface area contributed by atoms with E-state index in [1.807, 2.05) is 24.3 Å². The number of thiazole rings is 1. The van der Waals surface area contributed by atoms with Gasteiger partial charge >= 0.3 is 12.1 Å². The number of carbonyl (C=O) groups excluding carboxylic acids is 1. The van der Waals surface area contributed by atoms with E-state index >= 15 is 0 Å². The molecule has 6 rings (SSSR count). The van der Waals surface area contributed by atoms with Gasteiger partial charge in [-0.3, -0.25) is 10.3 Å². The van der Waals surface area contributed by atoms with Crippen LogP contribution in [0.15, 0.2) is 48.9 Å². The quantitative estimate of drug-likeness (QED) is 0.242. The first kappa shape index (κ1) is 27.7. The molecule has 0 aliphatic carbocycles. The van der Waals surface area contributed by atoms with Crippen LogP contribution in [0, 0.1) is 0 Å². The van der Waals surface area contributed by atoms with E-state index in [2.05, 4.69) is 20.3 Å². The number of pyridine rings is 1. The van der Waals surface area contributed by atoms with E-state index in [0.29, 0.717) is 28.0 Å². The van der Waals surface area contributed by atoms with Crippen molar-refractivity contribution in [2.24, 2.45) is 0 Å². The molecule has 2 N–H and O–H groups in total. The summed E-state index contributed by atoms with van der Waals surface area (Å²) in [6.45, 7) is 1.77. The molecule has 14 heteroatoms. The molecule has 2 aromatic carbocycles. The molecule has 42 heavy (non-hydrogen) atoms. The van der Waals surface area contributed by atoms with E-state index in [1.54, 1.807) is 26.3 Å². The lowest BCUT2D eigenvalue weighted by atomic mass is 10.1. The average molecular weight is 610 g/mol. The number of rotatable bonds is 8. The highest BCUT2D eigenvalue weighted by Crippen LogP contribution is 2.45. The predicted molar refractivity (Wildman–Crippen MR) is 156 cm³/mol. The minimum Gasteiger partial charge on any atom is -0.495 e. The standard InChI is InChI=1S/C28H24ClN5O7S/c1-14(35)11-39-27-31-8-17(9-32-27)33-28(36)40-13-19-12-38-24-22(41-19)4-3-21-25(24)42-26(34-21)20-7-16(29)5-15-6-18(37-2)10-30-23(15)20/h3-10,14,19,35H,11-13H2,1-2H3,(H,33,36)/t14-,19+/m0/s1. The molecule has 0 unspecified atom stereocenters. The van der Waals surface area contributed by atoms with Gasteiger partial charge in [-0.15, -0.1) is 11.3 Å². The Morgan fingerprint density at radius 1 is 1.21 bits per heavy atom. The van der Waals surface area contributed by atoms with Crippen LogP contribution in [0.4, 0.5) is 10.5 Å². The van der Waals surface area contributed by atoms with Crippen LogP contribution in [0.25, 0.3) is 31.7 Å². The van der Waals surface area contributed by atoms with Crippen molar-refractivity contribution >= 4 is 55.8 Å². The van der Waals surface area contributed by atoms with Crippen molar-refractivity contribution in [3.8, 4) is 33.8 Å². The molecule has 5 aromatic rings. The van der Waals surface area contributed by atoms with Crippen molar-refractivity contribution in [3.05, 3.63) is 53.9 Å². The Morgan fingerprint density at radius 2 is 2.05 bits per heavy atom. The molecule has 1 aliphatic rings. The second-order valence-corrected chi connectivity index (χ2v) is 10.8. The zero-order chi connectivity index (χ0) is 29.2. The van der Waals surface area contributed by atoms with E-state index in [-0.39, 0.29) is 25.8 Å². The highest BCUT2D eigenvalue weighted by Gasteiger charge is 2.26. The molecule has 0 saturated heterocycles. The number of hydrogen-bond acceptors (Lipinski definition) is 12. The number of carbonyl (C=O) groups is 1. The predicted octanol–water partition coefficient (Wildman–Crippen LogP) is 5.11. The second kappa shape index (κ2) is 11.8. The van der Waals surface area contributed by atoms with Crippen molar-refractivity contribution in [1.29, 1.82) is 0 Å². The Bertz CT molecular complexity index is 1770. The van der Waals surface area contributed by atoms with Crippen LogP contribution in [0.5, 0.6) is 23.3 Å². The first-order valence-electron chi connectivity index (χ1n) is 12.8. The van der Waals surface area contributed by atoms with Crippen LogP contribution in [0.3, 0.4) is 0 Å². The summed E-state index contributed by atoms with van der Waals surface area (Å²) in [5, 5.41) is 14.0.